The van der Waals surface area contributed by atoms with Gasteiger partial charge in [-0.25, -0.2) is 4.68 Å². The Morgan fingerprint density at radius 1 is 1.09 bits per heavy atom. The summed E-state index contributed by atoms with van der Waals surface area (Å²) in [5, 5.41) is 24.3. The van der Waals surface area contributed by atoms with Crippen molar-refractivity contribution in [3.63, 3.8) is 0 Å². The highest BCUT2D eigenvalue weighted by atomic mass is 16.3. The first-order chi connectivity index (χ1) is 16.6. The molecule has 5 heterocycles. The minimum Gasteiger partial charge on any atom is -0.384 e. The van der Waals surface area contributed by atoms with Crippen LogP contribution in [0.5, 0.6) is 0 Å². The summed E-state index contributed by atoms with van der Waals surface area (Å²) < 4.78 is 5.90. The lowest BCUT2D eigenvalue weighted by atomic mass is 10.0. The van der Waals surface area contributed by atoms with Gasteiger partial charge in [-0.05, 0) is 51.8 Å². The molecule has 0 fully saturated rings. The van der Waals surface area contributed by atoms with E-state index in [2.05, 4.69) is 40.9 Å². The molecule has 0 bridgehead atoms. The quantitative estimate of drug-likeness (QED) is 0.394. The normalized spacial score (nSPS) is 13.3. The second-order valence-electron chi connectivity index (χ2n) is 9.85. The Morgan fingerprint density at radius 3 is 2.49 bits per heavy atom. The summed E-state index contributed by atoms with van der Waals surface area (Å²) in [6.07, 6.45) is 5.57. The number of aromatic nitrogens is 8. The fraction of sp³-hybridized carbons (Fsp3) is 0.423. The summed E-state index contributed by atoms with van der Waals surface area (Å²) >= 11 is 0. The van der Waals surface area contributed by atoms with E-state index < -0.39 is 5.60 Å². The van der Waals surface area contributed by atoms with Gasteiger partial charge in [0.15, 0.2) is 0 Å². The van der Waals surface area contributed by atoms with Crippen LogP contribution in [-0.4, -0.2) is 44.4 Å². The largest absolute Gasteiger partial charge is 0.384 e. The lowest BCUT2D eigenvalue weighted by Gasteiger charge is -2.24. The van der Waals surface area contributed by atoms with Gasteiger partial charge in [-0.1, -0.05) is 24.6 Å². The third kappa shape index (κ3) is 3.61. The van der Waals surface area contributed by atoms with Crippen molar-refractivity contribution in [2.45, 2.75) is 59.1 Å². The van der Waals surface area contributed by atoms with E-state index in [0.29, 0.717) is 5.69 Å². The predicted molar refractivity (Wildman–Crippen MR) is 136 cm³/mol. The third-order valence-corrected chi connectivity index (χ3v) is 6.70. The van der Waals surface area contributed by atoms with E-state index >= 15 is 0 Å². The van der Waals surface area contributed by atoms with Gasteiger partial charge in [-0.2, -0.15) is 5.10 Å². The van der Waals surface area contributed by atoms with Crippen molar-refractivity contribution >= 4 is 22.1 Å². The molecule has 5 aromatic heterocycles. The lowest BCUT2D eigenvalue weighted by Crippen LogP contribution is -2.20. The van der Waals surface area contributed by atoms with Crippen molar-refractivity contribution in [1.29, 1.82) is 0 Å². The van der Waals surface area contributed by atoms with Crippen LogP contribution >= 0.6 is 0 Å². The van der Waals surface area contributed by atoms with E-state index in [9.17, 15) is 5.11 Å². The standard InChI is InChI=1S/C26H32N8O/c1-8-10-18(20-15(2)11-9-12-27-20)34-19-13-17(22-16(3)29-31-33(22)7)14-28-21(19)23-24(34)25(26(4,5)35)30-32(23)6/h9,11-14,18,35H,8,10H2,1-7H3. The lowest BCUT2D eigenvalue weighted by molar-refractivity contribution is 0.0742. The van der Waals surface area contributed by atoms with Gasteiger partial charge in [0.2, 0.25) is 0 Å². The highest BCUT2D eigenvalue weighted by molar-refractivity contribution is 6.06. The van der Waals surface area contributed by atoms with Crippen LogP contribution < -0.4 is 0 Å². The zero-order valence-corrected chi connectivity index (χ0v) is 21.4. The molecule has 1 atom stereocenters. The number of hydrogen-bond acceptors (Lipinski definition) is 6. The van der Waals surface area contributed by atoms with Crippen molar-refractivity contribution in [3.05, 3.63) is 53.2 Å². The molecule has 0 aliphatic carbocycles. The molecule has 0 spiro atoms. The molecule has 1 unspecified atom stereocenters. The fourth-order valence-corrected chi connectivity index (χ4v) is 5.18. The molecule has 0 saturated carbocycles. The van der Waals surface area contributed by atoms with Crippen molar-refractivity contribution < 1.29 is 5.11 Å². The van der Waals surface area contributed by atoms with Crippen molar-refractivity contribution in [2.75, 3.05) is 0 Å². The zero-order chi connectivity index (χ0) is 25.1. The number of pyridine rings is 2. The number of aliphatic hydroxyl groups is 1. The molecule has 5 aromatic rings. The first-order valence-corrected chi connectivity index (χ1v) is 12.0. The van der Waals surface area contributed by atoms with E-state index in [1.807, 2.05) is 44.2 Å². The molecular weight excluding hydrogens is 440 g/mol. The third-order valence-electron chi connectivity index (χ3n) is 6.70. The Morgan fingerprint density at radius 2 is 1.86 bits per heavy atom. The van der Waals surface area contributed by atoms with Crippen LogP contribution in [0.2, 0.25) is 0 Å². The van der Waals surface area contributed by atoms with E-state index in [1.165, 1.54) is 0 Å². The van der Waals surface area contributed by atoms with Gasteiger partial charge in [0.1, 0.15) is 22.3 Å². The fourth-order valence-electron chi connectivity index (χ4n) is 5.18. The van der Waals surface area contributed by atoms with E-state index in [0.717, 1.165) is 63.1 Å². The maximum atomic E-state index is 11.1. The maximum Gasteiger partial charge on any atom is 0.118 e. The van der Waals surface area contributed by atoms with Crippen molar-refractivity contribution in [1.82, 2.24) is 39.3 Å². The average Bonchev–Trinajstić information content (AvgIpc) is 3.43. The second-order valence-corrected chi connectivity index (χ2v) is 9.85. The molecule has 1 N–H and O–H groups in total. The van der Waals surface area contributed by atoms with Gasteiger partial charge >= 0.3 is 0 Å². The van der Waals surface area contributed by atoms with Crippen LogP contribution in [0.4, 0.5) is 0 Å². The second kappa shape index (κ2) is 8.27. The van der Waals surface area contributed by atoms with Gasteiger partial charge in [0.05, 0.1) is 34.2 Å². The smallest absolute Gasteiger partial charge is 0.118 e. The van der Waals surface area contributed by atoms with Crippen LogP contribution in [0.1, 0.15) is 62.3 Å². The molecule has 0 amide bonds. The molecule has 0 aromatic carbocycles. The van der Waals surface area contributed by atoms with E-state index in [-0.39, 0.29) is 6.04 Å². The van der Waals surface area contributed by atoms with Crippen molar-refractivity contribution in [3.8, 4) is 11.3 Å². The summed E-state index contributed by atoms with van der Waals surface area (Å²) in [4.78, 5) is 9.74. The van der Waals surface area contributed by atoms with E-state index in [4.69, 9.17) is 15.1 Å². The Labute approximate surface area is 204 Å². The van der Waals surface area contributed by atoms with E-state index in [1.54, 1.807) is 18.5 Å². The maximum absolute atomic E-state index is 11.1. The molecule has 0 radical (unpaired) electrons. The summed E-state index contributed by atoms with van der Waals surface area (Å²) in [6, 6.07) is 6.18. The van der Waals surface area contributed by atoms with Crippen LogP contribution in [0.3, 0.4) is 0 Å². The van der Waals surface area contributed by atoms with Crippen LogP contribution in [0.25, 0.3) is 33.3 Å². The Kier molecular flexibility index (Phi) is 5.47. The Balaban J connectivity index is 1.93. The first-order valence-electron chi connectivity index (χ1n) is 12.0. The molecule has 182 valence electrons. The molecule has 9 nitrogen and oxygen atoms in total. The summed E-state index contributed by atoms with van der Waals surface area (Å²) in [5.74, 6) is 0. The van der Waals surface area contributed by atoms with Crippen LogP contribution in [0, 0.1) is 13.8 Å². The Bertz CT molecular complexity index is 1530. The monoisotopic (exact) mass is 472 g/mol. The molecule has 35 heavy (non-hydrogen) atoms. The van der Waals surface area contributed by atoms with Gasteiger partial charge in [0.25, 0.3) is 0 Å². The molecule has 0 saturated heterocycles. The summed E-state index contributed by atoms with van der Waals surface area (Å²) in [6.45, 7) is 9.79. The zero-order valence-electron chi connectivity index (χ0n) is 21.4. The van der Waals surface area contributed by atoms with Crippen LogP contribution in [-0.2, 0) is 19.7 Å². The summed E-state index contributed by atoms with van der Waals surface area (Å²) in [5.41, 5.74) is 7.97. The SMILES string of the molecule is CCCC(c1ncccc1C)n1c2cc(-c3c(C)nnn3C)cnc2c2c1c(C(C)(C)O)nn2C. The van der Waals surface area contributed by atoms with Gasteiger partial charge in [-0.15, -0.1) is 5.10 Å². The average molecular weight is 473 g/mol. The molecule has 0 aliphatic rings. The number of hydrogen-bond donors (Lipinski definition) is 1. The number of rotatable bonds is 6. The molecule has 0 aliphatic heterocycles. The predicted octanol–water partition coefficient (Wildman–Crippen LogP) is 4.35. The van der Waals surface area contributed by atoms with Crippen molar-refractivity contribution in [2.24, 2.45) is 14.1 Å². The van der Waals surface area contributed by atoms with Gasteiger partial charge in [0, 0.05) is 32.1 Å². The van der Waals surface area contributed by atoms with Gasteiger partial charge < -0.3 is 9.67 Å². The molecule has 9 heteroatoms. The number of fused-ring (bicyclic) bond motifs is 3. The molecule has 5 rings (SSSR count). The van der Waals surface area contributed by atoms with Crippen LogP contribution in [0.15, 0.2) is 30.6 Å². The minimum atomic E-state index is -1.13. The highest BCUT2D eigenvalue weighted by Crippen LogP contribution is 2.40. The topological polar surface area (TPSA) is 99.5 Å². The Hall–Kier alpha value is -3.59. The first kappa shape index (κ1) is 23.2. The van der Waals surface area contributed by atoms with Gasteiger partial charge in [-0.3, -0.25) is 14.6 Å². The number of aryl methyl sites for hydroxylation is 4. The summed E-state index contributed by atoms with van der Waals surface area (Å²) in [7, 11) is 3.80. The molecular formula is C26H32N8O. The minimum absolute atomic E-state index is 0.0469. The number of nitrogens with zero attached hydrogens (tertiary/aromatic N) is 8. The highest BCUT2D eigenvalue weighted by Gasteiger charge is 2.32.